The van der Waals surface area contributed by atoms with Gasteiger partial charge in [0.1, 0.15) is 17.5 Å². The van der Waals surface area contributed by atoms with Gasteiger partial charge in [0.15, 0.2) is 0 Å². The van der Waals surface area contributed by atoms with Crippen molar-refractivity contribution in [2.24, 2.45) is 0 Å². The highest BCUT2D eigenvalue weighted by Gasteiger charge is 2.23. The van der Waals surface area contributed by atoms with Gasteiger partial charge in [0.2, 0.25) is 0 Å². The summed E-state index contributed by atoms with van der Waals surface area (Å²) in [6, 6.07) is 9.92. The van der Waals surface area contributed by atoms with E-state index in [4.69, 9.17) is 5.73 Å². The maximum Gasteiger partial charge on any atom is 0.145 e. The Hall–Kier alpha value is -2.60. The number of piperidine rings is 1. The summed E-state index contributed by atoms with van der Waals surface area (Å²) < 4.78 is 0. The van der Waals surface area contributed by atoms with Crippen LogP contribution in [-0.2, 0) is 6.54 Å². The first-order valence-corrected chi connectivity index (χ1v) is 8.72. The van der Waals surface area contributed by atoms with E-state index >= 15 is 0 Å². The Morgan fingerprint density at radius 3 is 2.92 bits per heavy atom. The van der Waals surface area contributed by atoms with Crippen molar-refractivity contribution in [3.63, 3.8) is 0 Å². The SMILES string of the molecule is Cc1nccc(C2CCCN(Cc3nc(N)c4ccccc4n3)C2)n1. The van der Waals surface area contributed by atoms with Gasteiger partial charge in [-0.3, -0.25) is 4.90 Å². The fourth-order valence-electron chi connectivity index (χ4n) is 3.56. The van der Waals surface area contributed by atoms with Gasteiger partial charge in [0.05, 0.1) is 12.1 Å². The number of nitrogens with two attached hydrogens (primary N) is 1. The zero-order chi connectivity index (χ0) is 17.2. The van der Waals surface area contributed by atoms with Crippen molar-refractivity contribution in [2.75, 3.05) is 18.8 Å². The highest BCUT2D eigenvalue weighted by molar-refractivity contribution is 5.87. The number of para-hydroxylation sites is 1. The van der Waals surface area contributed by atoms with Gasteiger partial charge >= 0.3 is 0 Å². The molecule has 25 heavy (non-hydrogen) atoms. The molecule has 1 aromatic carbocycles. The van der Waals surface area contributed by atoms with Crippen LogP contribution in [0.1, 0.15) is 36.1 Å². The Kier molecular flexibility index (Phi) is 4.28. The number of aryl methyl sites for hydroxylation is 1. The number of nitrogen functional groups attached to an aromatic ring is 1. The molecule has 0 saturated carbocycles. The maximum atomic E-state index is 6.11. The van der Waals surface area contributed by atoms with Crippen LogP contribution in [0.4, 0.5) is 5.82 Å². The van der Waals surface area contributed by atoms with Crippen LogP contribution in [0.25, 0.3) is 10.9 Å². The van der Waals surface area contributed by atoms with Gasteiger partial charge in [-0.05, 0) is 44.5 Å². The van der Waals surface area contributed by atoms with Crippen LogP contribution in [0.15, 0.2) is 36.5 Å². The molecule has 1 aliphatic rings. The third kappa shape index (κ3) is 3.44. The van der Waals surface area contributed by atoms with Crippen molar-refractivity contribution in [1.29, 1.82) is 0 Å². The van der Waals surface area contributed by atoms with E-state index in [2.05, 4.69) is 24.8 Å². The van der Waals surface area contributed by atoms with Crippen LogP contribution in [0.2, 0.25) is 0 Å². The molecule has 1 saturated heterocycles. The number of fused-ring (bicyclic) bond motifs is 1. The molecule has 6 heteroatoms. The van der Waals surface area contributed by atoms with Crippen molar-refractivity contribution in [1.82, 2.24) is 24.8 Å². The minimum Gasteiger partial charge on any atom is -0.383 e. The van der Waals surface area contributed by atoms with E-state index in [1.165, 1.54) is 0 Å². The minimum absolute atomic E-state index is 0.438. The fraction of sp³-hybridized carbons (Fsp3) is 0.368. The minimum atomic E-state index is 0.438. The molecule has 2 N–H and O–H groups in total. The van der Waals surface area contributed by atoms with Crippen LogP contribution in [0.5, 0.6) is 0 Å². The van der Waals surface area contributed by atoms with E-state index in [-0.39, 0.29) is 0 Å². The van der Waals surface area contributed by atoms with Crippen molar-refractivity contribution in [2.45, 2.75) is 32.2 Å². The number of benzene rings is 1. The summed E-state index contributed by atoms with van der Waals surface area (Å²) in [7, 11) is 0. The van der Waals surface area contributed by atoms with E-state index < -0.39 is 0 Å². The first-order chi connectivity index (χ1) is 12.2. The molecule has 1 unspecified atom stereocenters. The molecule has 0 amide bonds. The molecule has 2 aromatic heterocycles. The summed E-state index contributed by atoms with van der Waals surface area (Å²) in [6.45, 7) is 4.68. The van der Waals surface area contributed by atoms with Crippen molar-refractivity contribution in [3.05, 3.63) is 53.9 Å². The Bertz CT molecular complexity index is 894. The van der Waals surface area contributed by atoms with E-state index in [0.29, 0.717) is 11.7 Å². The van der Waals surface area contributed by atoms with Crippen LogP contribution < -0.4 is 5.73 Å². The van der Waals surface area contributed by atoms with Gasteiger partial charge < -0.3 is 5.73 Å². The topological polar surface area (TPSA) is 80.8 Å². The third-order valence-electron chi connectivity index (χ3n) is 4.77. The Balaban J connectivity index is 1.52. The molecule has 6 nitrogen and oxygen atoms in total. The molecule has 0 radical (unpaired) electrons. The Labute approximate surface area is 147 Å². The second-order valence-corrected chi connectivity index (χ2v) is 6.65. The van der Waals surface area contributed by atoms with E-state index in [1.54, 1.807) is 0 Å². The highest BCUT2D eigenvalue weighted by Crippen LogP contribution is 2.26. The van der Waals surface area contributed by atoms with Crippen LogP contribution in [0.3, 0.4) is 0 Å². The lowest BCUT2D eigenvalue weighted by Gasteiger charge is -2.32. The van der Waals surface area contributed by atoms with Gasteiger partial charge in [0.25, 0.3) is 0 Å². The van der Waals surface area contributed by atoms with Crippen molar-refractivity contribution >= 4 is 16.7 Å². The number of nitrogens with zero attached hydrogens (tertiary/aromatic N) is 5. The van der Waals surface area contributed by atoms with Crippen LogP contribution in [0, 0.1) is 6.92 Å². The van der Waals surface area contributed by atoms with Crippen LogP contribution >= 0.6 is 0 Å². The number of hydrogen-bond donors (Lipinski definition) is 1. The summed E-state index contributed by atoms with van der Waals surface area (Å²) in [4.78, 5) is 20.4. The zero-order valence-corrected chi connectivity index (χ0v) is 14.4. The lowest BCUT2D eigenvalue weighted by Crippen LogP contribution is -2.34. The predicted molar refractivity (Wildman–Crippen MR) is 98.0 cm³/mol. The number of hydrogen-bond acceptors (Lipinski definition) is 6. The standard InChI is InChI=1S/C19H22N6/c1-13-21-9-8-16(22-13)14-5-4-10-25(11-14)12-18-23-17-7-3-2-6-15(17)19(20)24-18/h2-3,6-9,14H,4-5,10-12H2,1H3,(H2,20,23,24). The predicted octanol–water partition coefficient (Wildman–Crippen LogP) is 2.69. The van der Waals surface area contributed by atoms with Gasteiger partial charge in [-0.25, -0.2) is 19.9 Å². The second-order valence-electron chi connectivity index (χ2n) is 6.65. The first-order valence-electron chi connectivity index (χ1n) is 8.72. The average molecular weight is 334 g/mol. The van der Waals surface area contributed by atoms with Gasteiger partial charge in [-0.15, -0.1) is 0 Å². The highest BCUT2D eigenvalue weighted by atomic mass is 15.2. The van der Waals surface area contributed by atoms with Crippen molar-refractivity contribution < 1.29 is 0 Å². The maximum absolute atomic E-state index is 6.11. The zero-order valence-electron chi connectivity index (χ0n) is 14.4. The largest absolute Gasteiger partial charge is 0.383 e. The lowest BCUT2D eigenvalue weighted by atomic mass is 9.94. The molecule has 1 fully saturated rings. The second kappa shape index (κ2) is 6.72. The van der Waals surface area contributed by atoms with Crippen molar-refractivity contribution in [3.8, 4) is 0 Å². The molecule has 0 bridgehead atoms. The summed E-state index contributed by atoms with van der Waals surface area (Å²) in [5.74, 6) is 2.62. The molecule has 4 rings (SSSR count). The smallest absolute Gasteiger partial charge is 0.145 e. The molecular formula is C19H22N6. The molecule has 3 heterocycles. The lowest BCUT2D eigenvalue weighted by molar-refractivity contribution is 0.194. The number of anilines is 1. The normalized spacial score (nSPS) is 18.5. The van der Waals surface area contributed by atoms with Gasteiger partial charge in [-0.2, -0.15) is 0 Å². The van der Waals surface area contributed by atoms with Crippen LogP contribution in [-0.4, -0.2) is 37.9 Å². The fourth-order valence-corrected chi connectivity index (χ4v) is 3.56. The summed E-state index contributed by atoms with van der Waals surface area (Å²) in [5, 5.41) is 0.916. The molecule has 128 valence electrons. The van der Waals surface area contributed by atoms with Gasteiger partial charge in [0, 0.05) is 29.7 Å². The summed E-state index contributed by atoms with van der Waals surface area (Å²) in [6.07, 6.45) is 4.16. The number of aromatic nitrogens is 4. The average Bonchev–Trinajstić information content (AvgIpc) is 2.62. The molecule has 3 aromatic rings. The monoisotopic (exact) mass is 334 g/mol. The molecular weight excluding hydrogens is 312 g/mol. The summed E-state index contributed by atoms with van der Waals surface area (Å²) in [5.41, 5.74) is 8.15. The van der Waals surface area contributed by atoms with E-state index in [9.17, 15) is 0 Å². The Morgan fingerprint density at radius 2 is 2.04 bits per heavy atom. The third-order valence-corrected chi connectivity index (χ3v) is 4.77. The number of likely N-dealkylation sites (tertiary alicyclic amines) is 1. The molecule has 1 atom stereocenters. The quantitative estimate of drug-likeness (QED) is 0.793. The van der Waals surface area contributed by atoms with Gasteiger partial charge in [-0.1, -0.05) is 12.1 Å². The van der Waals surface area contributed by atoms with E-state index in [1.807, 2.05) is 43.5 Å². The molecule has 0 spiro atoms. The number of rotatable bonds is 3. The molecule has 1 aliphatic heterocycles. The van der Waals surface area contributed by atoms with E-state index in [0.717, 1.165) is 60.7 Å². The summed E-state index contributed by atoms with van der Waals surface area (Å²) >= 11 is 0. The first kappa shape index (κ1) is 15.9. The Morgan fingerprint density at radius 1 is 1.16 bits per heavy atom. The molecule has 0 aliphatic carbocycles.